The third-order valence-corrected chi connectivity index (χ3v) is 13.1. The van der Waals surface area contributed by atoms with Crippen LogP contribution in [0.5, 0.6) is 0 Å². The van der Waals surface area contributed by atoms with Gasteiger partial charge in [0, 0.05) is 61.8 Å². The summed E-state index contributed by atoms with van der Waals surface area (Å²) < 4.78 is 4.85. The minimum absolute atomic E-state index is 0.432. The highest BCUT2D eigenvalue weighted by atomic mass is 15.0. The Hall–Kier alpha value is -8.15. The molecule has 0 spiro atoms. The first-order valence-corrected chi connectivity index (χ1v) is 22.1. The van der Waals surface area contributed by atoms with Crippen LogP contribution in [0, 0.1) is 11.3 Å². The largest absolute Gasteiger partial charge is 0.313 e. The van der Waals surface area contributed by atoms with Gasteiger partial charge in [-0.05, 0) is 94.9 Å². The van der Waals surface area contributed by atoms with Crippen LogP contribution in [-0.4, -0.2) is 25.3 Å². The molecule has 3 aromatic heterocycles. The summed E-state index contributed by atoms with van der Waals surface area (Å²) in [5.41, 5.74) is 14.8. The quantitative estimate of drug-likeness (QED) is 0.163. The van der Waals surface area contributed by atoms with E-state index < -0.39 is 0 Å². The molecule has 0 fully saturated rings. The van der Waals surface area contributed by atoms with Gasteiger partial charge in [-0.15, -0.1) is 0 Å². The molecule has 0 amide bonds. The van der Waals surface area contributed by atoms with Crippen molar-refractivity contribution in [1.29, 1.82) is 5.41 Å². The third kappa shape index (κ3) is 6.19. The highest BCUT2D eigenvalue weighted by Gasteiger charge is 2.21. The average molecular weight is 822 g/mol. The first-order valence-electron chi connectivity index (χ1n) is 22.1. The molecule has 7 aromatic carbocycles. The van der Waals surface area contributed by atoms with Crippen LogP contribution in [0.2, 0.25) is 0 Å². The second-order valence-corrected chi connectivity index (χ2v) is 16.9. The molecule has 3 heterocycles. The van der Waals surface area contributed by atoms with Gasteiger partial charge < -0.3 is 14.5 Å². The molecule has 64 heavy (non-hydrogen) atoms. The topological polar surface area (TPSA) is 59.5 Å². The van der Waals surface area contributed by atoms with Crippen molar-refractivity contribution in [2.24, 2.45) is 5.92 Å². The van der Waals surface area contributed by atoms with Gasteiger partial charge in [-0.2, -0.15) is 0 Å². The Labute approximate surface area is 371 Å². The van der Waals surface area contributed by atoms with Crippen LogP contribution in [0.25, 0.3) is 105 Å². The van der Waals surface area contributed by atoms with E-state index in [1.807, 2.05) is 18.2 Å². The van der Waals surface area contributed by atoms with Crippen LogP contribution in [0.4, 0.5) is 0 Å². The van der Waals surface area contributed by atoms with E-state index >= 15 is 0 Å². The highest BCUT2D eigenvalue weighted by molar-refractivity contribution is 6.13. The normalized spacial score (nSPS) is 15.8. The second-order valence-electron chi connectivity index (χ2n) is 16.9. The Kier molecular flexibility index (Phi) is 9.01. The van der Waals surface area contributed by atoms with Crippen molar-refractivity contribution >= 4 is 71.9 Å². The van der Waals surface area contributed by atoms with Gasteiger partial charge in [0.15, 0.2) is 5.82 Å². The fourth-order valence-corrected chi connectivity index (χ4v) is 10.0. The van der Waals surface area contributed by atoms with Crippen molar-refractivity contribution in [3.05, 3.63) is 212 Å². The maximum absolute atomic E-state index is 8.59. The van der Waals surface area contributed by atoms with E-state index in [1.54, 1.807) is 0 Å². The molecule has 0 radical (unpaired) electrons. The van der Waals surface area contributed by atoms with Crippen molar-refractivity contribution in [1.82, 2.24) is 19.1 Å². The summed E-state index contributed by atoms with van der Waals surface area (Å²) in [5, 5.41) is 15.8. The number of rotatable bonds is 7. The summed E-state index contributed by atoms with van der Waals surface area (Å²) in [6.45, 7) is 2.32. The molecular weight excluding hydrogens is 779 g/mol. The van der Waals surface area contributed by atoms with Gasteiger partial charge in [-0.3, -0.25) is 0 Å². The predicted octanol–water partition coefficient (Wildman–Crippen LogP) is 15.2. The summed E-state index contributed by atoms with van der Waals surface area (Å²) >= 11 is 0. The monoisotopic (exact) mass is 821 g/mol. The summed E-state index contributed by atoms with van der Waals surface area (Å²) in [4.78, 5) is 10.6. The van der Waals surface area contributed by atoms with E-state index in [9.17, 15) is 0 Å². The lowest BCUT2D eigenvalue weighted by molar-refractivity contribution is 0.725. The van der Waals surface area contributed by atoms with Gasteiger partial charge in [-0.1, -0.05) is 153 Å². The molecule has 1 N–H and O–H groups in total. The minimum Gasteiger partial charge on any atom is -0.313 e. The molecule has 0 bridgehead atoms. The number of para-hydroxylation sites is 2. The van der Waals surface area contributed by atoms with E-state index in [4.69, 9.17) is 15.4 Å². The lowest BCUT2D eigenvalue weighted by atomic mass is 9.97. The van der Waals surface area contributed by atoms with Crippen LogP contribution in [0.1, 0.15) is 25.5 Å². The number of aromatic nitrogens is 4. The van der Waals surface area contributed by atoms with Crippen molar-refractivity contribution in [3.8, 4) is 39.5 Å². The van der Waals surface area contributed by atoms with E-state index in [2.05, 4.69) is 198 Å². The molecule has 0 saturated heterocycles. The maximum Gasteiger partial charge on any atom is 0.160 e. The molecule has 0 aliphatic heterocycles. The summed E-state index contributed by atoms with van der Waals surface area (Å²) in [6.07, 6.45) is 18.2. The fraction of sp³-hybridized carbons (Fsp3) is 0.0678. The molecule has 1 atom stereocenters. The van der Waals surface area contributed by atoms with Gasteiger partial charge >= 0.3 is 0 Å². The van der Waals surface area contributed by atoms with Crippen LogP contribution >= 0.6 is 0 Å². The number of nitrogens with zero attached hydrogens (tertiary/aromatic N) is 4. The fourth-order valence-electron chi connectivity index (χ4n) is 10.0. The van der Waals surface area contributed by atoms with Crippen LogP contribution in [-0.2, 0) is 0 Å². The van der Waals surface area contributed by atoms with Crippen molar-refractivity contribution in [2.75, 3.05) is 0 Å². The second kappa shape index (κ2) is 15.3. The standard InChI is InChI=1S/C59H43N5/c1-38-15-5-10-26-54(38)64-56-28-12-9-24-48(56)50-34-41(30-32-57(50)64)42-29-31-49-47-23-8-11-27-55(47)63(58(49)35-42)44-21-13-20-43(33-44)59-61-52(46-25-14-19-39-18-6-7-22-45(39)46)36-53(62-59)51(37-60)40-16-3-2-4-17-40/h2-14,16,18-38,60H,15,17H2,1H3/b51-40+,60-37?. The first-order chi connectivity index (χ1) is 31.6. The van der Waals surface area contributed by atoms with E-state index in [0.29, 0.717) is 11.7 Å². The van der Waals surface area contributed by atoms with E-state index in [1.165, 1.54) is 50.1 Å². The minimum atomic E-state index is 0.432. The summed E-state index contributed by atoms with van der Waals surface area (Å²) in [5.74, 6) is 1.04. The number of allylic oxidation sites excluding steroid dienone is 10. The Morgan fingerprint density at radius 2 is 1.30 bits per heavy atom. The summed E-state index contributed by atoms with van der Waals surface area (Å²) in [6, 6.07) is 56.8. The molecule has 0 saturated carbocycles. The Bertz CT molecular complexity index is 3710. The lowest BCUT2D eigenvalue weighted by Crippen LogP contribution is -2.07. The van der Waals surface area contributed by atoms with Crippen LogP contribution < -0.4 is 0 Å². The van der Waals surface area contributed by atoms with E-state index in [0.717, 1.165) is 79.6 Å². The zero-order valence-corrected chi connectivity index (χ0v) is 35.4. The van der Waals surface area contributed by atoms with E-state index in [-0.39, 0.29) is 0 Å². The van der Waals surface area contributed by atoms with Crippen molar-refractivity contribution in [2.45, 2.75) is 19.8 Å². The maximum atomic E-state index is 8.59. The summed E-state index contributed by atoms with van der Waals surface area (Å²) in [7, 11) is 0. The Morgan fingerprint density at radius 3 is 2.12 bits per heavy atom. The number of hydrogen-bond donors (Lipinski definition) is 1. The zero-order chi connectivity index (χ0) is 42.7. The molecule has 5 nitrogen and oxygen atoms in total. The molecule has 1 unspecified atom stereocenters. The number of fused-ring (bicyclic) bond motifs is 7. The average Bonchev–Trinajstić information content (AvgIpc) is 3.86. The molecule has 2 aliphatic carbocycles. The van der Waals surface area contributed by atoms with Gasteiger partial charge in [-0.25, -0.2) is 9.97 Å². The van der Waals surface area contributed by atoms with Gasteiger partial charge in [0.2, 0.25) is 0 Å². The Balaban J connectivity index is 1.02. The molecule has 5 heteroatoms. The van der Waals surface area contributed by atoms with Crippen LogP contribution in [0.3, 0.4) is 0 Å². The molecule has 10 aromatic rings. The van der Waals surface area contributed by atoms with Crippen molar-refractivity contribution < 1.29 is 0 Å². The number of hydrogen-bond acceptors (Lipinski definition) is 3. The molecule has 2 aliphatic rings. The smallest absolute Gasteiger partial charge is 0.160 e. The molecule has 304 valence electrons. The molecule has 12 rings (SSSR count). The Morgan fingerprint density at radius 1 is 0.578 bits per heavy atom. The lowest BCUT2D eigenvalue weighted by Gasteiger charge is -2.20. The van der Waals surface area contributed by atoms with Gasteiger partial charge in [0.05, 0.1) is 33.5 Å². The highest BCUT2D eigenvalue weighted by Crippen LogP contribution is 2.40. The van der Waals surface area contributed by atoms with Crippen molar-refractivity contribution in [3.63, 3.8) is 0 Å². The first kappa shape index (κ1) is 37.6. The SMILES string of the molecule is CC1CC=CC=C1n1c2ccccc2c2cc(-c3ccc4c5ccccc5n(-c5cccc(-c6nc(/C(C=N)=C7\C=CC=CC7)cc(-c7cccc8ccccc78)n6)c5)c4c3)ccc21. The number of benzene rings is 7. The molecular formula is C59H43N5. The number of nitrogens with one attached hydrogen (secondary N) is 1. The zero-order valence-electron chi connectivity index (χ0n) is 35.4. The van der Waals surface area contributed by atoms with Gasteiger partial charge in [0.1, 0.15) is 0 Å². The van der Waals surface area contributed by atoms with Crippen LogP contribution in [0.15, 0.2) is 206 Å². The van der Waals surface area contributed by atoms with Gasteiger partial charge in [0.25, 0.3) is 0 Å². The predicted molar refractivity (Wildman–Crippen MR) is 269 cm³/mol. The third-order valence-electron chi connectivity index (χ3n) is 13.1.